The number of anilines is 1. The number of amides is 2. The molecule has 2 aromatic carbocycles. The zero-order chi connectivity index (χ0) is 18.1. The van der Waals surface area contributed by atoms with E-state index in [1.165, 1.54) is 5.56 Å². The summed E-state index contributed by atoms with van der Waals surface area (Å²) >= 11 is 0. The smallest absolute Gasteiger partial charge is 0.259 e. The fraction of sp³-hybridized carbons (Fsp3) is 0.333. The molecular weight excluding hydrogens is 328 g/mol. The zero-order valence-electron chi connectivity index (χ0n) is 14.8. The molecular formula is C21H22N2O3. The predicted molar refractivity (Wildman–Crippen MR) is 99.2 cm³/mol. The van der Waals surface area contributed by atoms with Crippen LogP contribution in [0.1, 0.15) is 34.3 Å². The second kappa shape index (κ2) is 6.83. The summed E-state index contributed by atoms with van der Waals surface area (Å²) in [6.45, 7) is 1.41. The molecule has 0 bridgehead atoms. The maximum atomic E-state index is 12.6. The average molecular weight is 350 g/mol. The summed E-state index contributed by atoms with van der Waals surface area (Å²) in [5.41, 5.74) is 3.60. The highest BCUT2D eigenvalue weighted by Crippen LogP contribution is 2.33. The van der Waals surface area contributed by atoms with Crippen molar-refractivity contribution in [3.63, 3.8) is 0 Å². The van der Waals surface area contributed by atoms with Crippen LogP contribution in [-0.2, 0) is 17.8 Å². The Bertz CT molecular complexity index is 858. The first kappa shape index (κ1) is 16.6. The number of rotatable bonds is 4. The third kappa shape index (κ3) is 3.29. The first-order valence-corrected chi connectivity index (χ1v) is 9.00. The van der Waals surface area contributed by atoms with Crippen LogP contribution in [-0.4, -0.2) is 30.4 Å². The van der Waals surface area contributed by atoms with Crippen molar-refractivity contribution >= 4 is 17.5 Å². The number of carbonyl (C=O) groups is 2. The van der Waals surface area contributed by atoms with E-state index in [0.717, 1.165) is 37.1 Å². The average Bonchev–Trinajstić information content (AvgIpc) is 3.52. The highest BCUT2D eigenvalue weighted by atomic mass is 16.5. The SMILES string of the molecule is COc1ccccc1C(=O)Nc1ccc2c(c1)CN(C(=O)C1CC1)CC2. The van der Waals surface area contributed by atoms with E-state index < -0.39 is 0 Å². The zero-order valence-corrected chi connectivity index (χ0v) is 14.8. The lowest BCUT2D eigenvalue weighted by Gasteiger charge is -2.29. The van der Waals surface area contributed by atoms with E-state index in [2.05, 4.69) is 5.32 Å². The second-order valence-corrected chi connectivity index (χ2v) is 6.92. The van der Waals surface area contributed by atoms with E-state index in [-0.39, 0.29) is 17.7 Å². The van der Waals surface area contributed by atoms with Crippen LogP contribution >= 0.6 is 0 Å². The van der Waals surface area contributed by atoms with E-state index in [4.69, 9.17) is 4.74 Å². The topological polar surface area (TPSA) is 58.6 Å². The molecule has 134 valence electrons. The van der Waals surface area contributed by atoms with Crippen LogP contribution in [0.4, 0.5) is 5.69 Å². The number of fused-ring (bicyclic) bond motifs is 1. The highest BCUT2D eigenvalue weighted by Gasteiger charge is 2.34. The van der Waals surface area contributed by atoms with Gasteiger partial charge in [-0.05, 0) is 54.7 Å². The monoisotopic (exact) mass is 350 g/mol. The van der Waals surface area contributed by atoms with Gasteiger partial charge in [-0.2, -0.15) is 0 Å². The standard InChI is InChI=1S/C21H22N2O3/c1-26-19-5-3-2-4-18(19)20(24)22-17-9-8-14-10-11-23(13-16(14)12-17)21(25)15-6-7-15/h2-5,8-9,12,15H,6-7,10-11,13H2,1H3,(H,22,24). The van der Waals surface area contributed by atoms with E-state index in [1.807, 2.05) is 35.2 Å². The number of ether oxygens (including phenoxy) is 1. The highest BCUT2D eigenvalue weighted by molar-refractivity contribution is 6.06. The molecule has 4 rings (SSSR count). The van der Waals surface area contributed by atoms with Crippen molar-refractivity contribution in [2.45, 2.75) is 25.8 Å². The molecule has 5 nitrogen and oxygen atoms in total. The Balaban J connectivity index is 1.51. The van der Waals surface area contributed by atoms with Crippen LogP contribution in [0.3, 0.4) is 0 Å². The number of hydrogen-bond acceptors (Lipinski definition) is 3. The number of para-hydroxylation sites is 1. The molecule has 0 radical (unpaired) electrons. The number of methoxy groups -OCH3 is 1. The van der Waals surface area contributed by atoms with Gasteiger partial charge in [0.25, 0.3) is 5.91 Å². The molecule has 0 saturated heterocycles. The summed E-state index contributed by atoms with van der Waals surface area (Å²) in [6.07, 6.45) is 2.92. The largest absolute Gasteiger partial charge is 0.496 e. The van der Waals surface area contributed by atoms with Crippen molar-refractivity contribution in [1.82, 2.24) is 4.90 Å². The van der Waals surface area contributed by atoms with Crippen molar-refractivity contribution in [3.8, 4) is 5.75 Å². The van der Waals surface area contributed by atoms with Crippen LogP contribution in [0, 0.1) is 5.92 Å². The summed E-state index contributed by atoms with van der Waals surface area (Å²) in [5, 5.41) is 2.94. The number of benzene rings is 2. The quantitative estimate of drug-likeness (QED) is 0.921. The predicted octanol–water partition coefficient (Wildman–Crippen LogP) is 3.24. The Morgan fingerprint density at radius 2 is 1.92 bits per heavy atom. The van der Waals surface area contributed by atoms with Crippen LogP contribution in [0.5, 0.6) is 5.75 Å². The summed E-state index contributed by atoms with van der Waals surface area (Å²) in [4.78, 5) is 26.9. The fourth-order valence-electron chi connectivity index (χ4n) is 3.44. The Hall–Kier alpha value is -2.82. The van der Waals surface area contributed by atoms with Crippen molar-refractivity contribution in [1.29, 1.82) is 0 Å². The van der Waals surface area contributed by atoms with Gasteiger partial charge in [-0.25, -0.2) is 0 Å². The molecule has 0 unspecified atom stereocenters. The first-order valence-electron chi connectivity index (χ1n) is 9.00. The lowest BCUT2D eigenvalue weighted by molar-refractivity contribution is -0.133. The normalized spacial score (nSPS) is 16.0. The number of nitrogens with one attached hydrogen (secondary N) is 1. The molecule has 1 aliphatic heterocycles. The van der Waals surface area contributed by atoms with Gasteiger partial charge in [0, 0.05) is 24.7 Å². The van der Waals surface area contributed by atoms with Crippen LogP contribution < -0.4 is 10.1 Å². The third-order valence-corrected chi connectivity index (χ3v) is 5.07. The molecule has 26 heavy (non-hydrogen) atoms. The van der Waals surface area contributed by atoms with Gasteiger partial charge in [-0.3, -0.25) is 9.59 Å². The van der Waals surface area contributed by atoms with Gasteiger partial charge in [-0.15, -0.1) is 0 Å². The molecule has 2 aliphatic rings. The molecule has 0 atom stereocenters. The maximum Gasteiger partial charge on any atom is 0.259 e. The molecule has 1 fully saturated rings. The molecule has 1 saturated carbocycles. The van der Waals surface area contributed by atoms with E-state index in [1.54, 1.807) is 19.2 Å². The van der Waals surface area contributed by atoms with Crippen LogP contribution in [0.25, 0.3) is 0 Å². The number of carbonyl (C=O) groups excluding carboxylic acids is 2. The lowest BCUT2D eigenvalue weighted by atomic mass is 9.98. The molecule has 0 aromatic heterocycles. The van der Waals surface area contributed by atoms with Crippen molar-refractivity contribution in [2.75, 3.05) is 19.0 Å². The van der Waals surface area contributed by atoms with Crippen LogP contribution in [0.2, 0.25) is 0 Å². The molecule has 1 N–H and O–H groups in total. The summed E-state index contributed by atoms with van der Waals surface area (Å²) in [7, 11) is 1.55. The summed E-state index contributed by atoms with van der Waals surface area (Å²) in [5.74, 6) is 0.859. The molecule has 1 aliphatic carbocycles. The van der Waals surface area contributed by atoms with Gasteiger partial charge >= 0.3 is 0 Å². The maximum absolute atomic E-state index is 12.6. The minimum atomic E-state index is -0.205. The Morgan fingerprint density at radius 1 is 1.12 bits per heavy atom. The number of hydrogen-bond donors (Lipinski definition) is 1. The Morgan fingerprint density at radius 3 is 2.69 bits per heavy atom. The van der Waals surface area contributed by atoms with Crippen molar-refractivity contribution in [2.24, 2.45) is 5.92 Å². The minimum Gasteiger partial charge on any atom is -0.496 e. The van der Waals surface area contributed by atoms with Crippen molar-refractivity contribution < 1.29 is 14.3 Å². The lowest BCUT2D eigenvalue weighted by Crippen LogP contribution is -2.36. The Kier molecular flexibility index (Phi) is 4.37. The summed E-state index contributed by atoms with van der Waals surface area (Å²) < 4.78 is 5.26. The molecule has 5 heteroatoms. The first-order chi connectivity index (χ1) is 12.7. The second-order valence-electron chi connectivity index (χ2n) is 6.92. The molecule has 1 heterocycles. The van der Waals surface area contributed by atoms with Gasteiger partial charge in [-0.1, -0.05) is 18.2 Å². The molecule has 2 aromatic rings. The molecule has 2 amide bonds. The summed E-state index contributed by atoms with van der Waals surface area (Å²) in [6, 6.07) is 13.1. The van der Waals surface area contributed by atoms with Gasteiger partial charge in [0.15, 0.2) is 0 Å². The van der Waals surface area contributed by atoms with Gasteiger partial charge in [0.2, 0.25) is 5.91 Å². The van der Waals surface area contributed by atoms with Gasteiger partial charge < -0.3 is 15.0 Å². The van der Waals surface area contributed by atoms with Crippen LogP contribution in [0.15, 0.2) is 42.5 Å². The van der Waals surface area contributed by atoms with E-state index in [9.17, 15) is 9.59 Å². The van der Waals surface area contributed by atoms with Crippen molar-refractivity contribution in [3.05, 3.63) is 59.2 Å². The van der Waals surface area contributed by atoms with Gasteiger partial charge in [0.1, 0.15) is 5.75 Å². The van der Waals surface area contributed by atoms with E-state index in [0.29, 0.717) is 17.9 Å². The van der Waals surface area contributed by atoms with E-state index >= 15 is 0 Å². The number of nitrogens with zero attached hydrogens (tertiary/aromatic N) is 1. The fourth-order valence-corrected chi connectivity index (χ4v) is 3.44. The molecule has 0 spiro atoms. The Labute approximate surface area is 153 Å². The minimum absolute atomic E-state index is 0.205. The van der Waals surface area contributed by atoms with Gasteiger partial charge in [0.05, 0.1) is 12.7 Å². The third-order valence-electron chi connectivity index (χ3n) is 5.07.